The number of carbonyl (C=O) groups excluding carboxylic acids is 2. The van der Waals surface area contributed by atoms with Crippen LogP contribution in [0.4, 0.5) is 23.2 Å². The smallest absolute Gasteiger partial charge is 0.341 e. The van der Waals surface area contributed by atoms with Crippen molar-refractivity contribution in [1.29, 1.82) is 0 Å². The molecule has 1 fully saturated rings. The number of anilines is 1. The summed E-state index contributed by atoms with van der Waals surface area (Å²) in [7, 11) is 0. The summed E-state index contributed by atoms with van der Waals surface area (Å²) in [4.78, 5) is 29.0. The second-order valence-corrected chi connectivity index (χ2v) is 8.67. The molecule has 2 amide bonds. The van der Waals surface area contributed by atoms with Crippen molar-refractivity contribution in [3.63, 3.8) is 0 Å². The van der Waals surface area contributed by atoms with Gasteiger partial charge in [0, 0.05) is 31.9 Å². The largest absolute Gasteiger partial charge is 0.419 e. The third-order valence-electron chi connectivity index (χ3n) is 6.30. The summed E-state index contributed by atoms with van der Waals surface area (Å²) in [5, 5.41) is 3.04. The number of benzene rings is 2. The summed E-state index contributed by atoms with van der Waals surface area (Å²) in [6.45, 7) is 6.01. The number of carbonyl (C=O) groups is 2. The van der Waals surface area contributed by atoms with Crippen LogP contribution in [0.25, 0.3) is 0 Å². The van der Waals surface area contributed by atoms with Crippen molar-refractivity contribution >= 4 is 17.5 Å². The highest BCUT2D eigenvalue weighted by atomic mass is 19.4. The van der Waals surface area contributed by atoms with Gasteiger partial charge in [-0.15, -0.1) is 0 Å². The number of para-hydroxylation sites is 1. The molecule has 2 aromatic rings. The molecule has 5 nitrogen and oxygen atoms in total. The van der Waals surface area contributed by atoms with Crippen molar-refractivity contribution in [3.8, 4) is 0 Å². The van der Waals surface area contributed by atoms with Crippen LogP contribution in [0.3, 0.4) is 0 Å². The summed E-state index contributed by atoms with van der Waals surface area (Å²) in [6, 6.07) is 8.96. The number of hydrogen-bond donors (Lipinski definition) is 1. The zero-order valence-corrected chi connectivity index (χ0v) is 20.1. The predicted octanol–water partition coefficient (Wildman–Crippen LogP) is 4.68. The lowest BCUT2D eigenvalue weighted by Gasteiger charge is -2.22. The Morgan fingerprint density at radius 1 is 0.914 bits per heavy atom. The summed E-state index contributed by atoms with van der Waals surface area (Å²) in [5.41, 5.74) is 1.37. The Hall–Kier alpha value is -2.94. The number of amides is 2. The minimum absolute atomic E-state index is 0.133. The van der Waals surface area contributed by atoms with Crippen LogP contribution in [0.2, 0.25) is 0 Å². The number of nitrogens with zero attached hydrogens (tertiary/aromatic N) is 2. The Kier molecular flexibility index (Phi) is 8.88. The molecule has 190 valence electrons. The van der Waals surface area contributed by atoms with Crippen LogP contribution < -0.4 is 5.32 Å². The highest BCUT2D eigenvalue weighted by Gasteiger charge is 2.35. The van der Waals surface area contributed by atoms with Crippen LogP contribution in [0, 0.1) is 5.82 Å². The lowest BCUT2D eigenvalue weighted by atomic mass is 10.0. The van der Waals surface area contributed by atoms with E-state index in [9.17, 15) is 27.2 Å². The lowest BCUT2D eigenvalue weighted by Crippen LogP contribution is -2.38. The average Bonchev–Trinajstić information content (AvgIpc) is 3.05. The van der Waals surface area contributed by atoms with E-state index in [2.05, 4.69) is 5.32 Å². The van der Waals surface area contributed by atoms with E-state index in [1.807, 2.05) is 36.9 Å². The van der Waals surface area contributed by atoms with Crippen molar-refractivity contribution in [2.24, 2.45) is 0 Å². The SMILES string of the molecule is CCc1cccc(CC)c1NC(=O)CN1CCCN(C(=O)Cc2cccc(C(F)(F)F)c2F)CC1. The van der Waals surface area contributed by atoms with E-state index in [0.717, 1.165) is 35.7 Å². The minimum atomic E-state index is -4.82. The number of aryl methyl sites for hydroxylation is 2. The van der Waals surface area contributed by atoms with E-state index >= 15 is 0 Å². The molecule has 0 aromatic heterocycles. The van der Waals surface area contributed by atoms with Crippen molar-refractivity contribution in [2.45, 2.75) is 45.7 Å². The molecule has 0 unspecified atom stereocenters. The molecular weight excluding hydrogens is 462 g/mol. The monoisotopic (exact) mass is 493 g/mol. The standard InChI is InChI=1S/C26H31F4N3O2/c1-3-18-8-5-9-19(4-2)25(18)31-22(34)17-32-12-7-13-33(15-14-32)23(35)16-20-10-6-11-21(24(20)27)26(28,29)30/h5-6,8-11H,3-4,7,12-17H2,1-2H3,(H,31,34). The van der Waals surface area contributed by atoms with Gasteiger partial charge >= 0.3 is 6.18 Å². The van der Waals surface area contributed by atoms with E-state index < -0.39 is 29.9 Å². The zero-order chi connectivity index (χ0) is 25.6. The quantitative estimate of drug-likeness (QED) is 0.570. The molecule has 0 spiro atoms. The molecule has 1 aliphatic rings. The summed E-state index contributed by atoms with van der Waals surface area (Å²) in [6.07, 6.45) is -3.05. The Morgan fingerprint density at radius 2 is 1.54 bits per heavy atom. The summed E-state index contributed by atoms with van der Waals surface area (Å²) < 4.78 is 53.2. The van der Waals surface area contributed by atoms with Gasteiger partial charge in [-0.05, 0) is 42.0 Å². The molecule has 0 bridgehead atoms. The molecule has 35 heavy (non-hydrogen) atoms. The minimum Gasteiger partial charge on any atom is -0.341 e. The first-order valence-corrected chi connectivity index (χ1v) is 11.9. The van der Waals surface area contributed by atoms with Gasteiger partial charge in [0.25, 0.3) is 0 Å². The number of hydrogen-bond acceptors (Lipinski definition) is 3. The highest BCUT2D eigenvalue weighted by Crippen LogP contribution is 2.32. The fourth-order valence-electron chi connectivity index (χ4n) is 4.37. The Morgan fingerprint density at radius 3 is 2.17 bits per heavy atom. The number of rotatable bonds is 7. The molecule has 3 rings (SSSR count). The molecule has 0 radical (unpaired) electrons. The molecular formula is C26H31F4N3O2. The number of halogens is 4. The summed E-state index contributed by atoms with van der Waals surface area (Å²) >= 11 is 0. The van der Waals surface area contributed by atoms with Crippen molar-refractivity contribution in [1.82, 2.24) is 9.80 Å². The Balaban J connectivity index is 1.58. The topological polar surface area (TPSA) is 52.7 Å². The first-order valence-electron chi connectivity index (χ1n) is 11.9. The normalized spacial score (nSPS) is 15.1. The highest BCUT2D eigenvalue weighted by molar-refractivity contribution is 5.93. The molecule has 0 atom stereocenters. The molecule has 1 aliphatic heterocycles. The maximum absolute atomic E-state index is 14.3. The molecule has 1 heterocycles. The third kappa shape index (κ3) is 6.81. The third-order valence-corrected chi connectivity index (χ3v) is 6.30. The van der Waals surface area contributed by atoms with Crippen molar-refractivity contribution in [2.75, 3.05) is 38.0 Å². The van der Waals surface area contributed by atoms with Gasteiger partial charge in [-0.1, -0.05) is 44.2 Å². The zero-order valence-electron chi connectivity index (χ0n) is 20.1. The van der Waals surface area contributed by atoms with Crippen molar-refractivity contribution < 1.29 is 27.2 Å². The van der Waals surface area contributed by atoms with Gasteiger partial charge in [0.1, 0.15) is 5.82 Å². The molecule has 1 saturated heterocycles. The van der Waals surface area contributed by atoms with Crippen LogP contribution in [0.5, 0.6) is 0 Å². The molecule has 1 N–H and O–H groups in total. The molecule has 2 aromatic carbocycles. The van der Waals surface area contributed by atoms with Gasteiger partial charge in [0.05, 0.1) is 18.5 Å². The number of alkyl halides is 3. The lowest BCUT2D eigenvalue weighted by molar-refractivity contribution is -0.140. The van der Waals surface area contributed by atoms with Crippen LogP contribution in [0.1, 0.15) is 42.5 Å². The molecule has 9 heteroatoms. The van der Waals surface area contributed by atoms with E-state index in [-0.39, 0.29) is 18.0 Å². The van der Waals surface area contributed by atoms with Gasteiger partial charge < -0.3 is 10.2 Å². The van der Waals surface area contributed by atoms with Gasteiger partial charge in [0.2, 0.25) is 11.8 Å². The van der Waals surface area contributed by atoms with Crippen molar-refractivity contribution in [3.05, 3.63) is 64.5 Å². The maximum atomic E-state index is 14.3. The van der Waals surface area contributed by atoms with Gasteiger partial charge in [-0.25, -0.2) is 4.39 Å². The first-order chi connectivity index (χ1) is 16.6. The van der Waals surface area contributed by atoms with Crippen LogP contribution >= 0.6 is 0 Å². The second-order valence-electron chi connectivity index (χ2n) is 8.67. The second kappa shape index (κ2) is 11.7. The van der Waals surface area contributed by atoms with Gasteiger partial charge in [0.15, 0.2) is 0 Å². The van der Waals surface area contributed by atoms with Gasteiger partial charge in [-0.2, -0.15) is 13.2 Å². The van der Waals surface area contributed by atoms with Crippen LogP contribution in [-0.4, -0.2) is 54.3 Å². The Bertz CT molecular complexity index is 1030. The number of nitrogens with one attached hydrogen (secondary N) is 1. The van der Waals surface area contributed by atoms with Crippen LogP contribution in [-0.2, 0) is 35.0 Å². The van der Waals surface area contributed by atoms with E-state index in [1.165, 1.54) is 11.0 Å². The van der Waals surface area contributed by atoms with Crippen LogP contribution in [0.15, 0.2) is 36.4 Å². The average molecular weight is 494 g/mol. The predicted molar refractivity (Wildman–Crippen MR) is 127 cm³/mol. The van der Waals surface area contributed by atoms with Gasteiger partial charge in [-0.3, -0.25) is 14.5 Å². The Labute approximate surface area is 203 Å². The fourth-order valence-corrected chi connectivity index (χ4v) is 4.37. The molecule has 0 aliphatic carbocycles. The summed E-state index contributed by atoms with van der Waals surface area (Å²) in [5.74, 6) is -1.97. The maximum Gasteiger partial charge on any atom is 0.419 e. The van der Waals surface area contributed by atoms with E-state index in [4.69, 9.17) is 0 Å². The fraction of sp³-hybridized carbons (Fsp3) is 0.462. The first kappa shape index (κ1) is 26.7. The van der Waals surface area contributed by atoms with E-state index in [1.54, 1.807) is 0 Å². The van der Waals surface area contributed by atoms with E-state index in [0.29, 0.717) is 38.7 Å². The molecule has 0 saturated carbocycles.